The Balaban J connectivity index is 0.00000758. The summed E-state index contributed by atoms with van der Waals surface area (Å²) in [5.41, 5.74) is 21.8. The molecule has 0 atom stereocenters. The Morgan fingerprint density at radius 2 is 0.689 bits per heavy atom. The van der Waals surface area contributed by atoms with Gasteiger partial charge in [0, 0.05) is 61.1 Å². The van der Waals surface area contributed by atoms with Crippen LogP contribution in [0.25, 0.3) is 166 Å². The number of hydrogen-bond donors (Lipinski definition) is 0. The second kappa shape index (κ2) is 26.6. The Hall–Kier alpha value is -13.0. The molecule has 0 radical (unpaired) electrons. The number of hydrogen-bond acceptors (Lipinski definition) is 2. The van der Waals surface area contributed by atoms with E-state index in [1.807, 2.05) is 24.4 Å². The van der Waals surface area contributed by atoms with Crippen molar-refractivity contribution < 1.29 is 30.4 Å². The van der Waals surface area contributed by atoms with E-state index < -0.39 is 0 Å². The van der Waals surface area contributed by atoms with Crippen LogP contribution >= 0.6 is 0 Å². The maximum atomic E-state index is 6.99. The van der Waals surface area contributed by atoms with Crippen molar-refractivity contribution in [2.24, 2.45) is 0 Å². The third-order valence-electron chi connectivity index (χ3n) is 19.7. The van der Waals surface area contributed by atoms with Crippen LogP contribution in [0.15, 0.2) is 370 Å². The Morgan fingerprint density at radius 1 is 0.291 bits per heavy atom. The zero-order chi connectivity index (χ0) is 67.5. The first kappa shape index (κ1) is 62.3. The molecule has 0 saturated heterocycles. The first-order valence-electron chi connectivity index (χ1n) is 34.5. The van der Waals surface area contributed by atoms with Crippen molar-refractivity contribution in [1.29, 1.82) is 0 Å². The fourth-order valence-corrected chi connectivity index (χ4v) is 15.1. The van der Waals surface area contributed by atoms with Crippen LogP contribution in [-0.2, 0) is 21.1 Å². The summed E-state index contributed by atoms with van der Waals surface area (Å²) in [6, 6.07) is 138. The molecule has 103 heavy (non-hydrogen) atoms. The average molecular weight is 1500 g/mol. The molecule has 0 bridgehead atoms. The largest absolute Gasteiger partial charge is 0.510 e. The molecule has 4 heterocycles. The number of para-hydroxylation sites is 6. The van der Waals surface area contributed by atoms with Crippen LogP contribution in [0.1, 0.15) is 0 Å². The van der Waals surface area contributed by atoms with E-state index in [0.29, 0.717) is 11.5 Å². The van der Waals surface area contributed by atoms with Gasteiger partial charge in [-0.05, 0) is 160 Å². The molecule has 0 fully saturated rings. The van der Waals surface area contributed by atoms with Gasteiger partial charge in [-0.15, -0.1) is 29.7 Å². The molecular formula is C96H61N5OPt-2. The zero-order valence-electron chi connectivity index (χ0n) is 55.7. The number of rotatable bonds is 12. The Labute approximate surface area is 610 Å². The minimum atomic E-state index is 0. The van der Waals surface area contributed by atoms with Crippen molar-refractivity contribution in [3.8, 4) is 101 Å². The van der Waals surface area contributed by atoms with Gasteiger partial charge >= 0.3 is 0 Å². The molecule has 0 saturated carbocycles. The number of fused-ring (bicyclic) bond motifs is 11. The molecule has 0 N–H and O–H groups in total. The number of aromatic nitrogens is 5. The molecule has 0 spiro atoms. The van der Waals surface area contributed by atoms with Crippen molar-refractivity contribution in [2.75, 3.05) is 0 Å². The Kier molecular flexibility index (Phi) is 16.1. The summed E-state index contributed by atoms with van der Waals surface area (Å²) in [5.74, 6) is 1.80. The van der Waals surface area contributed by atoms with Gasteiger partial charge in [-0.25, -0.2) is 4.98 Å². The molecule has 6 nitrogen and oxygen atoms in total. The van der Waals surface area contributed by atoms with Gasteiger partial charge < -0.3 is 18.4 Å². The van der Waals surface area contributed by atoms with Crippen LogP contribution < -0.4 is 9.30 Å². The monoisotopic (exact) mass is 1490 g/mol. The van der Waals surface area contributed by atoms with Crippen LogP contribution in [0, 0.1) is 18.5 Å². The Morgan fingerprint density at radius 3 is 1.19 bits per heavy atom. The topological polar surface area (TPSA) is 40.8 Å². The van der Waals surface area contributed by atoms with Crippen molar-refractivity contribution in [1.82, 2.24) is 18.7 Å². The second-order valence-corrected chi connectivity index (χ2v) is 25.8. The molecule has 488 valence electrons. The molecule has 0 unspecified atom stereocenters. The van der Waals surface area contributed by atoms with E-state index in [-0.39, 0.29) is 21.1 Å². The van der Waals surface area contributed by atoms with Gasteiger partial charge in [0.15, 0.2) is 0 Å². The van der Waals surface area contributed by atoms with E-state index in [1.54, 1.807) is 0 Å². The number of benzene rings is 15. The molecule has 0 aliphatic rings. The third-order valence-corrected chi connectivity index (χ3v) is 19.7. The van der Waals surface area contributed by atoms with Crippen molar-refractivity contribution >= 4 is 76.2 Å². The molecule has 7 heteroatoms. The molecule has 4 aromatic heterocycles. The van der Waals surface area contributed by atoms with Gasteiger partial charge in [0.1, 0.15) is 5.82 Å². The summed E-state index contributed by atoms with van der Waals surface area (Å²) in [6.45, 7) is 0. The van der Waals surface area contributed by atoms with E-state index in [9.17, 15) is 0 Å². The van der Waals surface area contributed by atoms with Crippen LogP contribution in [-0.4, -0.2) is 18.7 Å². The van der Waals surface area contributed by atoms with Crippen molar-refractivity contribution in [3.05, 3.63) is 389 Å². The van der Waals surface area contributed by atoms with E-state index in [2.05, 4.69) is 383 Å². The molecule has 15 aromatic carbocycles. The molecular weight excluding hydrogens is 1430 g/mol. The quantitative estimate of drug-likeness (QED) is 0.0903. The summed E-state index contributed by atoms with van der Waals surface area (Å²) < 4.78 is 16.0. The maximum absolute atomic E-state index is 6.99. The van der Waals surface area contributed by atoms with E-state index >= 15 is 0 Å². The predicted octanol–water partition coefficient (Wildman–Crippen LogP) is 24.1. The van der Waals surface area contributed by atoms with Crippen LogP contribution in [0.3, 0.4) is 0 Å². The third kappa shape index (κ3) is 11.3. The molecule has 0 amide bonds. The van der Waals surface area contributed by atoms with Crippen molar-refractivity contribution in [2.45, 2.75) is 0 Å². The van der Waals surface area contributed by atoms with Gasteiger partial charge in [0.25, 0.3) is 6.33 Å². The SMILES string of the molecule is [Pt].[c-]1c(Oc2[c-]c3c(cc2)c2ccccc2n3-c2cc(-n3c4ccccc4c4ccccc4c4ccccc4c4ccccc43)ccn2)cccc1-n1[c-][n+](-c2c(-c3cc(-c4ccccc4)cc(-c4ccccc4)c3)cccc2-c2cc(-c3ccccc3)cc(-c3ccccc3)c2)c2ccccc21. The van der Waals surface area contributed by atoms with Crippen LogP contribution in [0.4, 0.5) is 0 Å². The summed E-state index contributed by atoms with van der Waals surface area (Å²) in [4.78, 5) is 5.20. The summed E-state index contributed by atoms with van der Waals surface area (Å²) >= 11 is 0. The van der Waals surface area contributed by atoms with Gasteiger partial charge in [-0.1, -0.05) is 272 Å². The van der Waals surface area contributed by atoms with Gasteiger partial charge in [0.05, 0.1) is 33.4 Å². The Bertz CT molecular complexity index is 6170. The molecule has 0 aliphatic carbocycles. The van der Waals surface area contributed by atoms with Gasteiger partial charge in [-0.2, -0.15) is 18.2 Å². The average Bonchev–Trinajstić information content (AvgIpc) is 1.62. The maximum Gasteiger partial charge on any atom is 0.268 e. The predicted molar refractivity (Wildman–Crippen MR) is 420 cm³/mol. The summed E-state index contributed by atoms with van der Waals surface area (Å²) in [6.07, 6.45) is 5.89. The summed E-state index contributed by atoms with van der Waals surface area (Å²) in [7, 11) is 0. The van der Waals surface area contributed by atoms with Crippen LogP contribution in [0.5, 0.6) is 11.5 Å². The smallest absolute Gasteiger partial charge is 0.268 e. The normalized spacial score (nSPS) is 11.4. The van der Waals surface area contributed by atoms with Gasteiger partial charge in [0.2, 0.25) is 0 Å². The fourth-order valence-electron chi connectivity index (χ4n) is 15.1. The standard InChI is InChI=1S/C96H61N5O.Pt/c1-5-27-65(28-6-1)69-55-70(66-29-7-2-8-30-66)58-73(57-69)79-44-26-45-80(74-59-71(67-31-9-3-10-32-67)56-72(60-74)68-33-11-4-12-34-68)96(79)99-64-98(92-49-23-24-50-93(92)99)75-35-25-36-77(61-75)102-78-51-52-88-87-43-19-22-48-91(87)101(94(88)63-78)95-62-76(53-54-97-95)100-89-46-20-17-41-85(89)83-39-15-13-37-81(83)82-38-14-16-40-84(82)86-42-18-21-47-90(86)100;/h1-60,62H;/q-2;. The fraction of sp³-hybridized carbons (Fsp3) is 0. The number of nitrogens with zero attached hydrogens (tertiary/aromatic N) is 5. The molecule has 19 aromatic rings. The molecule has 0 aliphatic heterocycles. The van der Waals surface area contributed by atoms with Crippen LogP contribution in [0.2, 0.25) is 0 Å². The minimum Gasteiger partial charge on any atom is -0.510 e. The minimum absolute atomic E-state index is 0. The summed E-state index contributed by atoms with van der Waals surface area (Å²) in [5, 5.41) is 9.07. The second-order valence-electron chi connectivity index (χ2n) is 25.8. The number of ether oxygens (including phenoxy) is 1. The number of pyridine rings is 1. The first-order valence-corrected chi connectivity index (χ1v) is 34.5. The zero-order valence-corrected chi connectivity index (χ0v) is 58.0. The van der Waals surface area contributed by atoms with Crippen molar-refractivity contribution in [3.63, 3.8) is 0 Å². The van der Waals surface area contributed by atoms with E-state index in [1.165, 1.54) is 10.8 Å². The first-order chi connectivity index (χ1) is 50.6. The van der Waals surface area contributed by atoms with Gasteiger partial charge in [-0.3, -0.25) is 4.57 Å². The van der Waals surface area contributed by atoms with E-state index in [4.69, 9.17) is 9.72 Å². The molecule has 19 rings (SSSR count). The number of imidazole rings is 1. The van der Waals surface area contributed by atoms with E-state index in [0.717, 1.165) is 155 Å².